The minimum Gasteiger partial charge on any atom is -1.00 e. The Balaban J connectivity index is -0.000000120. The van der Waals surface area contributed by atoms with Gasteiger partial charge in [0.1, 0.15) is 0 Å². The van der Waals surface area contributed by atoms with Crippen molar-refractivity contribution in [3.05, 3.63) is 36.4 Å². The molecule has 0 amide bonds. The van der Waals surface area contributed by atoms with E-state index in [1.807, 2.05) is 36.4 Å². The van der Waals surface area contributed by atoms with E-state index in [9.17, 15) is 0 Å². The largest absolute Gasteiger partial charge is 2.00 e. The van der Waals surface area contributed by atoms with Gasteiger partial charge in [0.25, 0.3) is 0 Å². The van der Waals surface area contributed by atoms with Crippen molar-refractivity contribution >= 4 is 0 Å². The monoisotopic (exact) mass is 338 g/mol. The van der Waals surface area contributed by atoms with Crippen molar-refractivity contribution < 1.29 is 53.4 Å². The van der Waals surface area contributed by atoms with Crippen molar-refractivity contribution in [2.24, 2.45) is 0 Å². The van der Waals surface area contributed by atoms with E-state index in [2.05, 4.69) is 0 Å². The van der Waals surface area contributed by atoms with Gasteiger partial charge in [0, 0.05) is 0 Å². The molecule has 0 radical (unpaired) electrons. The van der Waals surface area contributed by atoms with Crippen LogP contribution in [0.4, 0.5) is 0 Å². The van der Waals surface area contributed by atoms with Crippen LogP contribution in [0.15, 0.2) is 36.4 Å². The molecule has 1 aromatic carbocycles. The number of rotatable bonds is 0. The maximum absolute atomic E-state index is 2.00. The normalized spacial score (nSPS) is 5.33. The summed E-state index contributed by atoms with van der Waals surface area (Å²) in [6.45, 7) is 0. The first-order valence-corrected chi connectivity index (χ1v) is 2.00. The van der Waals surface area contributed by atoms with Crippen molar-refractivity contribution in [3.63, 3.8) is 0 Å². The van der Waals surface area contributed by atoms with Gasteiger partial charge in [-0.25, -0.2) is 0 Å². The van der Waals surface area contributed by atoms with Crippen molar-refractivity contribution in [3.8, 4) is 0 Å². The number of hydrogen-bond donors (Lipinski definition) is 0. The quantitative estimate of drug-likeness (QED) is 0.420. The van der Waals surface area contributed by atoms with Crippen LogP contribution >= 0.6 is 0 Å². The first kappa shape index (κ1) is 16.4. The van der Waals surface area contributed by atoms with Crippen LogP contribution in [0, 0.1) is 0 Å². The van der Waals surface area contributed by atoms with E-state index in [1.165, 1.54) is 0 Å². The fourth-order valence-corrected chi connectivity index (χ4v) is 0.385. The summed E-state index contributed by atoms with van der Waals surface area (Å²) < 4.78 is 0. The second-order valence-corrected chi connectivity index (χ2v) is 1.15. The van der Waals surface area contributed by atoms with Crippen LogP contribution in [0.1, 0.15) is 0 Å². The Morgan fingerprint density at radius 2 is 0.556 bits per heavy atom. The van der Waals surface area contributed by atoms with Gasteiger partial charge in [0.2, 0.25) is 0 Å². The van der Waals surface area contributed by atoms with Crippen LogP contribution in [0.5, 0.6) is 0 Å². The second-order valence-electron chi connectivity index (χ2n) is 1.15. The van der Waals surface area contributed by atoms with E-state index >= 15 is 0 Å². The van der Waals surface area contributed by atoms with Crippen LogP contribution in [-0.2, 0) is 19.5 Å². The molecule has 0 aliphatic rings. The summed E-state index contributed by atoms with van der Waals surface area (Å²) in [5.41, 5.74) is 0. The van der Waals surface area contributed by atoms with Crippen LogP contribution in [0.25, 0.3) is 0 Å². The number of benzene rings is 1. The molecule has 0 saturated carbocycles. The van der Waals surface area contributed by atoms with E-state index in [-0.39, 0.29) is 53.4 Å². The topological polar surface area (TPSA) is 0 Å². The second kappa shape index (κ2) is 11.6. The van der Waals surface area contributed by atoms with E-state index in [1.54, 1.807) is 0 Å². The van der Waals surface area contributed by atoms with Gasteiger partial charge in [-0.2, -0.15) is 0 Å². The molecule has 0 aliphatic heterocycles. The SMILES string of the molecule is [Br-].[Br-].[Ru+2].c1ccccc1. The van der Waals surface area contributed by atoms with Gasteiger partial charge in [-0.3, -0.25) is 0 Å². The molecule has 0 N–H and O–H groups in total. The number of hydrogen-bond acceptors (Lipinski definition) is 0. The Kier molecular flexibility index (Phi) is 21.1. The molecular formula is C6H6Br2Ru. The van der Waals surface area contributed by atoms with E-state index in [4.69, 9.17) is 0 Å². The third-order valence-corrected chi connectivity index (χ3v) is 0.667. The van der Waals surface area contributed by atoms with Crippen molar-refractivity contribution in [2.75, 3.05) is 0 Å². The molecule has 1 rings (SSSR count). The summed E-state index contributed by atoms with van der Waals surface area (Å²) in [6.07, 6.45) is 0. The molecule has 52 valence electrons. The smallest absolute Gasteiger partial charge is 1.00 e. The fraction of sp³-hybridized carbons (Fsp3) is 0. The average molecular weight is 339 g/mol. The first-order valence-electron chi connectivity index (χ1n) is 2.00. The molecule has 0 atom stereocenters. The fourth-order valence-electron chi connectivity index (χ4n) is 0.385. The maximum atomic E-state index is 2.00. The summed E-state index contributed by atoms with van der Waals surface area (Å²) in [4.78, 5) is 0. The number of halogens is 2. The molecule has 0 aliphatic carbocycles. The van der Waals surface area contributed by atoms with Crippen molar-refractivity contribution in [1.29, 1.82) is 0 Å². The predicted octanol–water partition coefficient (Wildman–Crippen LogP) is -4.31. The van der Waals surface area contributed by atoms with Crippen molar-refractivity contribution in [1.82, 2.24) is 0 Å². The third-order valence-electron chi connectivity index (χ3n) is 0.667. The summed E-state index contributed by atoms with van der Waals surface area (Å²) in [6, 6.07) is 12.0. The third kappa shape index (κ3) is 8.80. The molecule has 0 bridgehead atoms. The zero-order chi connectivity index (χ0) is 4.24. The molecule has 0 saturated heterocycles. The predicted molar refractivity (Wildman–Crippen MR) is 26.4 cm³/mol. The van der Waals surface area contributed by atoms with Gasteiger partial charge in [0.05, 0.1) is 0 Å². The Morgan fingerprint density at radius 1 is 0.444 bits per heavy atom. The molecule has 0 spiro atoms. The first-order chi connectivity index (χ1) is 3.00. The molecule has 9 heavy (non-hydrogen) atoms. The van der Waals surface area contributed by atoms with Crippen LogP contribution < -0.4 is 34.0 Å². The zero-order valence-electron chi connectivity index (χ0n) is 4.57. The summed E-state index contributed by atoms with van der Waals surface area (Å²) in [5.74, 6) is 0. The zero-order valence-corrected chi connectivity index (χ0v) is 9.48. The summed E-state index contributed by atoms with van der Waals surface area (Å²) in [7, 11) is 0. The molecule has 1 aromatic rings. The summed E-state index contributed by atoms with van der Waals surface area (Å²) >= 11 is 0. The molecule has 0 nitrogen and oxygen atoms in total. The molecule has 3 heteroatoms. The van der Waals surface area contributed by atoms with Crippen LogP contribution in [0.3, 0.4) is 0 Å². The van der Waals surface area contributed by atoms with Gasteiger partial charge in [0.15, 0.2) is 0 Å². The van der Waals surface area contributed by atoms with Crippen LogP contribution in [0.2, 0.25) is 0 Å². The molecule has 0 aromatic heterocycles. The average Bonchev–Trinajstić information content (AvgIpc) is 1.72. The minimum atomic E-state index is 0. The van der Waals surface area contributed by atoms with Gasteiger partial charge in [-0.1, -0.05) is 36.4 Å². The summed E-state index contributed by atoms with van der Waals surface area (Å²) in [5, 5.41) is 0. The van der Waals surface area contributed by atoms with Gasteiger partial charge >= 0.3 is 19.5 Å². The Bertz CT molecular complexity index is 83.0. The molecule has 0 unspecified atom stereocenters. The molecular weight excluding hydrogens is 333 g/mol. The molecule has 0 heterocycles. The Hall–Kier alpha value is 0.803. The Labute approximate surface area is 89.3 Å². The van der Waals surface area contributed by atoms with Gasteiger partial charge in [-0.05, 0) is 0 Å². The van der Waals surface area contributed by atoms with Gasteiger partial charge < -0.3 is 34.0 Å². The van der Waals surface area contributed by atoms with Crippen molar-refractivity contribution in [2.45, 2.75) is 0 Å². The molecule has 0 fully saturated rings. The minimum absolute atomic E-state index is 0. The maximum Gasteiger partial charge on any atom is 2.00 e. The van der Waals surface area contributed by atoms with E-state index in [0.717, 1.165) is 0 Å². The Morgan fingerprint density at radius 3 is 0.667 bits per heavy atom. The van der Waals surface area contributed by atoms with E-state index < -0.39 is 0 Å². The standard InChI is InChI=1S/C6H6.2BrH.Ru/c1-2-4-6-5-3-1;;;/h1-6H;2*1H;/q;;;+2/p-2. The van der Waals surface area contributed by atoms with E-state index in [0.29, 0.717) is 0 Å². The van der Waals surface area contributed by atoms with Crippen LogP contribution in [-0.4, -0.2) is 0 Å². The van der Waals surface area contributed by atoms with Gasteiger partial charge in [-0.15, -0.1) is 0 Å².